The van der Waals surface area contributed by atoms with Gasteiger partial charge in [0.1, 0.15) is 6.61 Å². The standard InChI is InChI=1S/C13H19N3O4/c1-13(2,14)8-20-11-6-5-9(12(17)15(3)4)7-10(11)16(18)19/h5-7H,8,14H2,1-4H3. The van der Waals surface area contributed by atoms with Crippen LogP contribution in [0.3, 0.4) is 0 Å². The Labute approximate surface area is 117 Å². The van der Waals surface area contributed by atoms with E-state index in [9.17, 15) is 14.9 Å². The second kappa shape index (κ2) is 5.87. The number of nitrogens with two attached hydrogens (primary N) is 1. The van der Waals surface area contributed by atoms with Gasteiger partial charge in [0, 0.05) is 31.3 Å². The molecule has 0 fully saturated rings. The molecule has 0 bridgehead atoms. The zero-order valence-corrected chi connectivity index (χ0v) is 12.0. The molecule has 0 atom stereocenters. The second-order valence-electron chi connectivity index (χ2n) is 5.42. The van der Waals surface area contributed by atoms with Crippen LogP contribution in [0.15, 0.2) is 18.2 Å². The average Bonchev–Trinajstić information content (AvgIpc) is 2.34. The smallest absolute Gasteiger partial charge is 0.311 e. The molecule has 20 heavy (non-hydrogen) atoms. The van der Waals surface area contributed by atoms with Crippen LogP contribution in [0.25, 0.3) is 0 Å². The number of carbonyl (C=O) groups excluding carboxylic acids is 1. The maximum absolute atomic E-state index is 11.8. The molecule has 0 saturated heterocycles. The molecule has 1 aromatic carbocycles. The summed E-state index contributed by atoms with van der Waals surface area (Å²) in [6.45, 7) is 3.64. The third-order valence-corrected chi connectivity index (χ3v) is 2.41. The molecule has 1 amide bonds. The molecular weight excluding hydrogens is 262 g/mol. The molecule has 0 saturated carbocycles. The second-order valence-corrected chi connectivity index (χ2v) is 5.42. The van der Waals surface area contributed by atoms with Crippen molar-refractivity contribution in [3.05, 3.63) is 33.9 Å². The molecule has 7 nitrogen and oxygen atoms in total. The molecule has 0 aromatic heterocycles. The highest BCUT2D eigenvalue weighted by Gasteiger charge is 2.21. The molecule has 0 aliphatic rings. The number of benzene rings is 1. The van der Waals surface area contributed by atoms with Crippen molar-refractivity contribution in [1.82, 2.24) is 4.90 Å². The van der Waals surface area contributed by atoms with E-state index in [0.29, 0.717) is 0 Å². The highest BCUT2D eigenvalue weighted by Crippen LogP contribution is 2.28. The SMILES string of the molecule is CN(C)C(=O)c1ccc(OCC(C)(C)N)c([N+](=O)[O-])c1. The molecule has 0 unspecified atom stereocenters. The molecule has 110 valence electrons. The fourth-order valence-corrected chi connectivity index (χ4v) is 1.44. The van der Waals surface area contributed by atoms with Crippen LogP contribution in [0, 0.1) is 10.1 Å². The first-order valence-electron chi connectivity index (χ1n) is 6.03. The van der Waals surface area contributed by atoms with Crippen LogP contribution in [0.5, 0.6) is 5.75 Å². The van der Waals surface area contributed by atoms with E-state index in [4.69, 9.17) is 10.5 Å². The van der Waals surface area contributed by atoms with Crippen molar-refractivity contribution in [2.24, 2.45) is 5.73 Å². The van der Waals surface area contributed by atoms with Gasteiger partial charge in [0.15, 0.2) is 5.75 Å². The van der Waals surface area contributed by atoms with Crippen LogP contribution in [0.4, 0.5) is 5.69 Å². The molecule has 1 rings (SSSR count). The van der Waals surface area contributed by atoms with Crippen LogP contribution < -0.4 is 10.5 Å². The number of hydrogen-bond donors (Lipinski definition) is 1. The number of nitrogens with zero attached hydrogens (tertiary/aromatic N) is 2. The number of rotatable bonds is 5. The van der Waals surface area contributed by atoms with Crippen molar-refractivity contribution in [2.75, 3.05) is 20.7 Å². The van der Waals surface area contributed by atoms with E-state index in [1.165, 1.54) is 23.1 Å². The minimum atomic E-state index is -0.605. The lowest BCUT2D eigenvalue weighted by molar-refractivity contribution is -0.385. The van der Waals surface area contributed by atoms with Gasteiger partial charge in [-0.15, -0.1) is 0 Å². The quantitative estimate of drug-likeness (QED) is 0.650. The lowest BCUT2D eigenvalue weighted by Gasteiger charge is -2.19. The molecule has 0 heterocycles. The minimum Gasteiger partial charge on any atom is -0.485 e. The Kier molecular flexibility index (Phi) is 4.67. The van der Waals surface area contributed by atoms with Crippen LogP contribution in [-0.4, -0.2) is 42.0 Å². The summed E-state index contributed by atoms with van der Waals surface area (Å²) in [4.78, 5) is 23.6. The Bertz CT molecular complexity index is 521. The van der Waals surface area contributed by atoms with Gasteiger partial charge in [-0.1, -0.05) is 0 Å². The topological polar surface area (TPSA) is 98.7 Å². The molecule has 7 heteroatoms. The molecule has 0 aliphatic carbocycles. The van der Waals surface area contributed by atoms with Crippen molar-refractivity contribution in [1.29, 1.82) is 0 Å². The van der Waals surface area contributed by atoms with Gasteiger partial charge >= 0.3 is 5.69 Å². The molecular formula is C13H19N3O4. The number of nitro groups is 1. The number of nitro benzene ring substituents is 1. The normalized spacial score (nSPS) is 11.1. The number of ether oxygens (including phenoxy) is 1. The van der Waals surface area contributed by atoms with Crippen molar-refractivity contribution < 1.29 is 14.5 Å². The Morgan fingerprint density at radius 2 is 2.05 bits per heavy atom. The highest BCUT2D eigenvalue weighted by molar-refractivity contribution is 5.94. The Morgan fingerprint density at radius 3 is 2.50 bits per heavy atom. The van der Waals surface area contributed by atoms with Gasteiger partial charge in [-0.25, -0.2) is 0 Å². The molecule has 0 radical (unpaired) electrons. The zero-order valence-electron chi connectivity index (χ0n) is 12.0. The molecule has 2 N–H and O–H groups in total. The van der Waals surface area contributed by atoms with E-state index in [2.05, 4.69) is 0 Å². The minimum absolute atomic E-state index is 0.101. The van der Waals surface area contributed by atoms with Crippen LogP contribution >= 0.6 is 0 Å². The number of hydrogen-bond acceptors (Lipinski definition) is 5. The summed E-state index contributed by atoms with van der Waals surface area (Å²) in [6.07, 6.45) is 0. The highest BCUT2D eigenvalue weighted by atomic mass is 16.6. The molecule has 1 aromatic rings. The van der Waals surface area contributed by atoms with Crippen LogP contribution in [0.2, 0.25) is 0 Å². The predicted octanol–water partition coefficient (Wildman–Crippen LogP) is 1.41. The van der Waals surface area contributed by atoms with E-state index in [1.54, 1.807) is 27.9 Å². The summed E-state index contributed by atoms with van der Waals surface area (Å²) >= 11 is 0. The van der Waals surface area contributed by atoms with Crippen molar-refractivity contribution in [3.63, 3.8) is 0 Å². The largest absolute Gasteiger partial charge is 0.485 e. The molecule has 0 aliphatic heterocycles. The Hall–Kier alpha value is -2.15. The summed E-state index contributed by atoms with van der Waals surface area (Å²) < 4.78 is 5.37. The van der Waals surface area contributed by atoms with E-state index in [0.717, 1.165) is 0 Å². The summed E-state index contributed by atoms with van der Waals surface area (Å²) in [7, 11) is 3.16. The number of amides is 1. The van der Waals surface area contributed by atoms with E-state index >= 15 is 0 Å². The average molecular weight is 281 g/mol. The third-order valence-electron chi connectivity index (χ3n) is 2.41. The van der Waals surface area contributed by atoms with Gasteiger partial charge in [-0.3, -0.25) is 14.9 Å². The van der Waals surface area contributed by atoms with Gasteiger partial charge < -0.3 is 15.4 Å². The summed E-state index contributed by atoms with van der Waals surface area (Å²) in [5, 5.41) is 11.1. The predicted molar refractivity (Wildman–Crippen MR) is 74.9 cm³/mol. The summed E-state index contributed by atoms with van der Waals surface area (Å²) in [6, 6.07) is 4.12. The maximum Gasteiger partial charge on any atom is 0.311 e. The molecule has 0 spiro atoms. The van der Waals surface area contributed by atoms with Crippen LogP contribution in [-0.2, 0) is 0 Å². The van der Waals surface area contributed by atoms with Crippen LogP contribution in [0.1, 0.15) is 24.2 Å². The van der Waals surface area contributed by atoms with Crippen molar-refractivity contribution in [3.8, 4) is 5.75 Å². The lowest BCUT2D eigenvalue weighted by Crippen LogP contribution is -2.38. The van der Waals surface area contributed by atoms with Crippen molar-refractivity contribution in [2.45, 2.75) is 19.4 Å². The zero-order chi connectivity index (χ0) is 15.5. The summed E-state index contributed by atoms with van der Waals surface area (Å²) in [5.74, 6) is -0.206. The first-order chi connectivity index (χ1) is 9.11. The van der Waals surface area contributed by atoms with E-state index < -0.39 is 10.5 Å². The lowest BCUT2D eigenvalue weighted by atomic mass is 10.1. The fourth-order valence-electron chi connectivity index (χ4n) is 1.44. The van der Waals surface area contributed by atoms with Crippen molar-refractivity contribution >= 4 is 11.6 Å². The van der Waals surface area contributed by atoms with E-state index in [-0.39, 0.29) is 29.5 Å². The van der Waals surface area contributed by atoms with Gasteiger partial charge in [-0.05, 0) is 26.0 Å². The van der Waals surface area contributed by atoms with E-state index in [1.807, 2.05) is 0 Å². The monoisotopic (exact) mass is 281 g/mol. The van der Waals surface area contributed by atoms with Gasteiger partial charge in [-0.2, -0.15) is 0 Å². The number of carbonyl (C=O) groups is 1. The first kappa shape index (κ1) is 15.9. The fraction of sp³-hybridized carbons (Fsp3) is 0.462. The van der Waals surface area contributed by atoms with Gasteiger partial charge in [0.05, 0.1) is 4.92 Å². The first-order valence-corrected chi connectivity index (χ1v) is 6.03. The maximum atomic E-state index is 11.8. The Balaban J connectivity index is 3.08. The van der Waals surface area contributed by atoms with Gasteiger partial charge in [0.25, 0.3) is 5.91 Å². The Morgan fingerprint density at radius 1 is 1.45 bits per heavy atom. The summed E-state index contributed by atoms with van der Waals surface area (Å²) in [5.41, 5.74) is 5.16. The van der Waals surface area contributed by atoms with Gasteiger partial charge in [0.2, 0.25) is 0 Å². The third kappa shape index (κ3) is 4.20.